The number of hydrogen-bond donors (Lipinski definition) is 0. The van der Waals surface area contributed by atoms with Gasteiger partial charge in [0.05, 0.1) is 0 Å². The Morgan fingerprint density at radius 2 is 1.61 bits per heavy atom. The van der Waals surface area contributed by atoms with Crippen molar-refractivity contribution in [2.45, 2.75) is 34.1 Å². The van der Waals surface area contributed by atoms with Crippen molar-refractivity contribution < 1.29 is 20.8 Å². The molecule has 0 aliphatic heterocycles. The van der Waals surface area contributed by atoms with Crippen LogP contribution >= 0.6 is 17.0 Å². The Balaban J connectivity index is 0.000000595. The molecule has 0 atom stereocenters. The first kappa shape index (κ1) is 18.8. The molecule has 0 aliphatic rings. The van der Waals surface area contributed by atoms with E-state index in [4.69, 9.17) is 17.0 Å². The maximum atomic E-state index is 4.93. The van der Waals surface area contributed by atoms with Crippen LogP contribution in [0.3, 0.4) is 0 Å². The van der Waals surface area contributed by atoms with Gasteiger partial charge in [-0.1, -0.05) is 36.2 Å². The first-order chi connectivity index (χ1) is 11.0. The van der Waals surface area contributed by atoms with E-state index in [1.54, 1.807) is 0 Å². The van der Waals surface area contributed by atoms with Crippen molar-refractivity contribution in [1.29, 1.82) is 0 Å². The van der Waals surface area contributed by atoms with Crippen LogP contribution in [0.25, 0.3) is 21.9 Å². The van der Waals surface area contributed by atoms with Crippen molar-refractivity contribution in [3.63, 3.8) is 0 Å². The number of aryl methyl sites for hydroxylation is 4. The summed E-state index contributed by atoms with van der Waals surface area (Å²) in [5.74, 6) is 0. The predicted octanol–water partition coefficient (Wildman–Crippen LogP) is 7.09. The van der Waals surface area contributed by atoms with Crippen LogP contribution in [0, 0.1) is 20.8 Å². The average Bonchev–Trinajstić information content (AvgIpc) is 2.91. The van der Waals surface area contributed by atoms with Crippen LogP contribution in [0.5, 0.6) is 0 Å². The van der Waals surface area contributed by atoms with Gasteiger partial charge in [-0.15, -0.1) is 34.5 Å². The van der Waals surface area contributed by atoms with E-state index >= 15 is 0 Å². The Morgan fingerprint density at radius 1 is 1.00 bits per heavy atom. The van der Waals surface area contributed by atoms with Gasteiger partial charge in [0.15, 0.2) is 0 Å². The molecule has 3 heteroatoms. The molecule has 3 aromatic carbocycles. The molecule has 0 saturated heterocycles. The van der Waals surface area contributed by atoms with E-state index in [-0.39, 0.29) is 0 Å². The molecule has 23 heavy (non-hydrogen) atoms. The van der Waals surface area contributed by atoms with Crippen molar-refractivity contribution in [3.8, 4) is 11.1 Å². The molecular weight excluding hydrogens is 402 g/mol. The maximum absolute atomic E-state index is 4.93. The second-order valence-corrected chi connectivity index (χ2v) is 9.60. The van der Waals surface area contributed by atoms with Crippen molar-refractivity contribution >= 4 is 27.8 Å². The molecule has 0 saturated carbocycles. The number of hydrogen-bond acceptors (Lipinski definition) is 0. The molecule has 3 rings (SSSR count). The van der Waals surface area contributed by atoms with Gasteiger partial charge < -0.3 is 0 Å². The monoisotopic (exact) mass is 421 g/mol. The zero-order chi connectivity index (χ0) is 17.0. The summed E-state index contributed by atoms with van der Waals surface area (Å²) in [6.07, 6.45) is 1.10. The first-order valence-corrected chi connectivity index (χ1v) is 14.1. The summed E-state index contributed by atoms with van der Waals surface area (Å²) in [7, 11) is 9.87. The minimum absolute atomic E-state index is 0.826. The van der Waals surface area contributed by atoms with Gasteiger partial charge in [0, 0.05) is 0 Å². The van der Waals surface area contributed by atoms with Gasteiger partial charge in [0.2, 0.25) is 0 Å². The molecule has 120 valence electrons. The summed E-state index contributed by atoms with van der Waals surface area (Å²) in [6.45, 7) is 8.83. The zero-order valence-corrected chi connectivity index (χ0v) is 18.0. The quantitative estimate of drug-likeness (QED) is 0.386. The van der Waals surface area contributed by atoms with Gasteiger partial charge in [0.25, 0.3) is 0 Å². The average molecular weight is 424 g/mol. The van der Waals surface area contributed by atoms with Crippen LogP contribution in [-0.4, -0.2) is 0 Å². The van der Waals surface area contributed by atoms with Crippen molar-refractivity contribution in [3.05, 3.63) is 64.7 Å². The molecule has 0 heterocycles. The molecule has 0 fully saturated rings. The molecular formula is C20H21Cl2Zr-. The van der Waals surface area contributed by atoms with Crippen molar-refractivity contribution in [2.24, 2.45) is 0 Å². The van der Waals surface area contributed by atoms with Gasteiger partial charge in [-0.25, -0.2) is 0 Å². The second-order valence-electron chi connectivity index (χ2n) is 5.87. The summed E-state index contributed by atoms with van der Waals surface area (Å²) < 4.78 is 0. The van der Waals surface area contributed by atoms with Gasteiger partial charge >= 0.3 is 37.9 Å². The van der Waals surface area contributed by atoms with Crippen LogP contribution in [0.2, 0.25) is 0 Å². The van der Waals surface area contributed by atoms with Gasteiger partial charge in [-0.05, 0) is 43.9 Å². The van der Waals surface area contributed by atoms with E-state index in [1.165, 1.54) is 44.2 Å². The van der Waals surface area contributed by atoms with Gasteiger partial charge in [-0.3, -0.25) is 0 Å². The fourth-order valence-electron chi connectivity index (χ4n) is 3.32. The second kappa shape index (κ2) is 8.56. The van der Waals surface area contributed by atoms with E-state index in [1.807, 2.05) is 0 Å². The van der Waals surface area contributed by atoms with Crippen molar-refractivity contribution in [2.75, 3.05) is 0 Å². The zero-order valence-electron chi connectivity index (χ0n) is 14.0. The predicted molar refractivity (Wildman–Crippen MR) is 100 cm³/mol. The number of halogens is 2. The number of benzene rings is 2. The molecule has 0 unspecified atom stereocenters. The van der Waals surface area contributed by atoms with Gasteiger partial charge in [-0.2, -0.15) is 6.07 Å². The fourth-order valence-corrected chi connectivity index (χ4v) is 3.32. The third-order valence-corrected chi connectivity index (χ3v) is 4.17. The van der Waals surface area contributed by atoms with Crippen LogP contribution in [-0.2, 0) is 27.3 Å². The normalized spacial score (nSPS) is 10.3. The molecule has 0 amide bonds. The van der Waals surface area contributed by atoms with Crippen LogP contribution in [0.1, 0.15) is 29.2 Å². The Labute approximate surface area is 157 Å². The molecule has 0 nitrogen and oxygen atoms in total. The molecule has 0 aromatic heterocycles. The van der Waals surface area contributed by atoms with E-state index < -0.39 is 20.8 Å². The van der Waals surface area contributed by atoms with Crippen LogP contribution in [0.15, 0.2) is 42.5 Å². The molecule has 3 aromatic rings. The molecule has 0 aliphatic carbocycles. The Bertz CT molecular complexity index is 780. The molecule has 0 N–H and O–H groups in total. The summed E-state index contributed by atoms with van der Waals surface area (Å²) in [6, 6.07) is 15.9. The SMILES string of the molecule is CCc1cc2c(-c3c(C)cc(C)cc3C)cccc2[cH-]1.[Cl][Zr][Cl]. The standard InChI is InChI=1S/C20H21.2ClH.Zr/c1-5-16-11-17-7-6-8-18(19(17)12-16)20-14(3)9-13(2)10-15(20)4;;;/h6-12H,5H2,1-4H3;2*1H;/q-1;;;+2/p-2. The van der Waals surface area contributed by atoms with E-state index in [0.29, 0.717) is 0 Å². The van der Waals surface area contributed by atoms with E-state index in [2.05, 4.69) is 70.2 Å². The Hall–Kier alpha value is -0.487. The summed E-state index contributed by atoms with van der Waals surface area (Å²) in [5, 5.41) is 2.75. The van der Waals surface area contributed by atoms with Crippen LogP contribution in [0.4, 0.5) is 0 Å². The Morgan fingerprint density at radius 3 is 2.17 bits per heavy atom. The van der Waals surface area contributed by atoms with Crippen LogP contribution < -0.4 is 0 Å². The molecule has 0 bridgehead atoms. The van der Waals surface area contributed by atoms with E-state index in [9.17, 15) is 0 Å². The van der Waals surface area contributed by atoms with Gasteiger partial charge in [0.1, 0.15) is 0 Å². The first-order valence-electron chi connectivity index (χ1n) is 7.74. The van der Waals surface area contributed by atoms with E-state index in [0.717, 1.165) is 6.42 Å². The van der Waals surface area contributed by atoms with Crippen molar-refractivity contribution in [1.82, 2.24) is 0 Å². The minimum atomic E-state index is -0.826. The third kappa shape index (κ3) is 4.33. The molecule has 0 radical (unpaired) electrons. The third-order valence-electron chi connectivity index (χ3n) is 4.17. The summed E-state index contributed by atoms with van der Waals surface area (Å²) in [4.78, 5) is 0. The summed E-state index contributed by atoms with van der Waals surface area (Å²) in [5.41, 5.74) is 8.28. The Kier molecular flexibility index (Phi) is 7.02. The molecule has 0 spiro atoms. The fraction of sp³-hybridized carbons (Fsp3) is 0.250. The number of rotatable bonds is 2. The summed E-state index contributed by atoms with van der Waals surface area (Å²) >= 11 is -0.826. The topological polar surface area (TPSA) is 0 Å². The number of fused-ring (bicyclic) bond motifs is 1.